The predicted molar refractivity (Wildman–Crippen MR) is 169 cm³/mol. The normalized spacial score (nSPS) is 13.4. The summed E-state index contributed by atoms with van der Waals surface area (Å²) in [7, 11) is 0. The maximum atomic E-state index is 2.46. The summed E-state index contributed by atoms with van der Waals surface area (Å²) in [6, 6.07) is 40.4. The molecule has 1 aliphatic rings. The predicted octanol–water partition coefficient (Wildman–Crippen LogP) is 10.7. The second kappa shape index (κ2) is 9.60. The van der Waals surface area contributed by atoms with Crippen LogP contribution >= 0.6 is 0 Å². The van der Waals surface area contributed by atoms with Gasteiger partial charge in [0.2, 0.25) is 0 Å². The summed E-state index contributed by atoms with van der Waals surface area (Å²) in [5.41, 5.74) is 9.02. The molecule has 1 nitrogen and oxygen atoms in total. The van der Waals surface area contributed by atoms with E-state index < -0.39 is 0 Å². The van der Waals surface area contributed by atoms with Crippen LogP contribution in [0.2, 0.25) is 0 Å². The van der Waals surface area contributed by atoms with Crippen molar-refractivity contribution in [2.75, 3.05) is 4.90 Å². The third-order valence-electron chi connectivity index (χ3n) is 8.06. The minimum Gasteiger partial charge on any atom is -0.337 e. The van der Waals surface area contributed by atoms with Gasteiger partial charge in [0, 0.05) is 23.5 Å². The van der Waals surface area contributed by atoms with Gasteiger partial charge in [0.05, 0.1) is 0 Å². The van der Waals surface area contributed by atoms with Gasteiger partial charge in [-0.1, -0.05) is 110 Å². The van der Waals surface area contributed by atoms with Gasteiger partial charge in [-0.15, -0.1) is 0 Å². The second-order valence-corrected chi connectivity index (χ2v) is 10.4. The van der Waals surface area contributed by atoms with Crippen molar-refractivity contribution in [2.45, 2.75) is 26.8 Å². The van der Waals surface area contributed by atoms with Crippen LogP contribution in [0.5, 0.6) is 0 Å². The Morgan fingerprint density at radius 1 is 0.641 bits per heavy atom. The zero-order valence-electron chi connectivity index (χ0n) is 22.5. The van der Waals surface area contributed by atoms with Gasteiger partial charge in [0.1, 0.15) is 0 Å². The SMILES string of the molecule is C/C=C\C(=C/CC)N1Cc2ccccc2-c2cc(-c3ccc4c5ccccc5c5ccccc5c4c3)ccc21. The third kappa shape index (κ3) is 3.85. The Kier molecular flexibility index (Phi) is 5.78. The molecule has 1 heterocycles. The first-order valence-corrected chi connectivity index (χ1v) is 13.9. The van der Waals surface area contributed by atoms with Crippen molar-refractivity contribution < 1.29 is 0 Å². The van der Waals surface area contributed by atoms with E-state index in [0.29, 0.717) is 0 Å². The van der Waals surface area contributed by atoms with Crippen LogP contribution in [0, 0.1) is 0 Å². The lowest BCUT2D eigenvalue weighted by Gasteiger charge is -2.34. The summed E-state index contributed by atoms with van der Waals surface area (Å²) in [6.07, 6.45) is 7.70. The molecule has 6 aromatic rings. The van der Waals surface area contributed by atoms with E-state index in [4.69, 9.17) is 0 Å². The number of hydrogen-bond donors (Lipinski definition) is 0. The Morgan fingerprint density at radius 3 is 1.92 bits per heavy atom. The molecule has 1 heteroatoms. The van der Waals surface area contributed by atoms with Crippen LogP contribution in [0.4, 0.5) is 5.69 Å². The fourth-order valence-electron chi connectivity index (χ4n) is 6.31. The van der Waals surface area contributed by atoms with E-state index in [1.54, 1.807) is 0 Å². The lowest BCUT2D eigenvalue weighted by molar-refractivity contribution is 0.912. The molecule has 0 bridgehead atoms. The standard InChI is InChI=1S/C38H31N/c1-3-11-29(12-4-2)39-25-28-13-5-6-14-30(28)37-24-27(20-22-38(37)39)26-19-21-35-33-17-8-7-15-31(33)32-16-9-10-18-34(32)36(35)23-26/h3,5-24H,4,25H2,1-2H3/b11-3-,29-12+. The fraction of sp³-hybridized carbons (Fsp3) is 0.105. The quantitative estimate of drug-likeness (QED) is 0.171. The van der Waals surface area contributed by atoms with Crippen LogP contribution in [0.25, 0.3) is 54.6 Å². The molecule has 0 N–H and O–H groups in total. The van der Waals surface area contributed by atoms with Crippen molar-refractivity contribution in [1.82, 2.24) is 0 Å². The van der Waals surface area contributed by atoms with E-state index in [0.717, 1.165) is 13.0 Å². The zero-order valence-corrected chi connectivity index (χ0v) is 22.5. The van der Waals surface area contributed by atoms with E-state index in [-0.39, 0.29) is 0 Å². The first-order valence-electron chi connectivity index (χ1n) is 13.9. The van der Waals surface area contributed by atoms with Crippen LogP contribution < -0.4 is 4.90 Å². The van der Waals surface area contributed by atoms with E-state index in [1.807, 2.05) is 0 Å². The zero-order chi connectivity index (χ0) is 26.3. The van der Waals surface area contributed by atoms with E-state index >= 15 is 0 Å². The molecule has 0 fully saturated rings. The lowest BCUT2D eigenvalue weighted by Crippen LogP contribution is -2.25. The van der Waals surface area contributed by atoms with Crippen LogP contribution in [0.3, 0.4) is 0 Å². The molecule has 1 aliphatic heterocycles. The number of hydrogen-bond acceptors (Lipinski definition) is 1. The van der Waals surface area contributed by atoms with E-state index in [2.05, 4.69) is 146 Å². The molecule has 0 saturated heterocycles. The average molecular weight is 502 g/mol. The second-order valence-electron chi connectivity index (χ2n) is 10.4. The van der Waals surface area contributed by atoms with Gasteiger partial charge >= 0.3 is 0 Å². The Bertz CT molecular complexity index is 1900. The Morgan fingerprint density at radius 2 is 1.23 bits per heavy atom. The van der Waals surface area contributed by atoms with Crippen molar-refractivity contribution in [2.24, 2.45) is 0 Å². The lowest BCUT2D eigenvalue weighted by atomic mass is 9.89. The number of nitrogens with zero attached hydrogens (tertiary/aromatic N) is 1. The van der Waals surface area contributed by atoms with Gasteiger partial charge in [-0.05, 0) is 92.2 Å². The van der Waals surface area contributed by atoms with Gasteiger partial charge in [0.15, 0.2) is 0 Å². The summed E-state index contributed by atoms with van der Waals surface area (Å²) in [5.74, 6) is 0. The molecule has 0 atom stereocenters. The smallest absolute Gasteiger partial charge is 0.0494 e. The number of rotatable bonds is 4. The number of fused-ring (bicyclic) bond motifs is 9. The molecule has 0 radical (unpaired) electrons. The van der Waals surface area contributed by atoms with Crippen molar-refractivity contribution in [3.8, 4) is 22.3 Å². The highest BCUT2D eigenvalue weighted by molar-refractivity contribution is 6.25. The van der Waals surface area contributed by atoms with Gasteiger partial charge in [0.25, 0.3) is 0 Å². The Labute approximate surface area is 230 Å². The van der Waals surface area contributed by atoms with Crippen LogP contribution in [-0.2, 0) is 6.54 Å². The average Bonchev–Trinajstić information content (AvgIpc) is 3.00. The van der Waals surface area contributed by atoms with E-state index in [1.165, 1.54) is 71.5 Å². The Balaban J connectivity index is 1.44. The van der Waals surface area contributed by atoms with Crippen molar-refractivity contribution in [3.63, 3.8) is 0 Å². The van der Waals surface area contributed by atoms with E-state index in [9.17, 15) is 0 Å². The van der Waals surface area contributed by atoms with Crippen LogP contribution in [-0.4, -0.2) is 0 Å². The highest BCUT2D eigenvalue weighted by atomic mass is 15.1. The first kappa shape index (κ1) is 23.5. The summed E-state index contributed by atoms with van der Waals surface area (Å²) < 4.78 is 0. The molecular weight excluding hydrogens is 470 g/mol. The monoisotopic (exact) mass is 501 g/mol. The number of allylic oxidation sites excluding steroid dienone is 3. The number of benzene rings is 6. The van der Waals surface area contributed by atoms with Crippen LogP contribution in [0.15, 0.2) is 133 Å². The molecule has 6 aromatic carbocycles. The minimum absolute atomic E-state index is 0.883. The molecule has 39 heavy (non-hydrogen) atoms. The minimum atomic E-state index is 0.883. The maximum Gasteiger partial charge on any atom is 0.0494 e. The fourth-order valence-corrected chi connectivity index (χ4v) is 6.31. The molecule has 0 unspecified atom stereocenters. The summed E-state index contributed by atoms with van der Waals surface area (Å²) in [4.78, 5) is 2.46. The molecule has 0 spiro atoms. The molecule has 188 valence electrons. The highest BCUT2D eigenvalue weighted by Gasteiger charge is 2.24. The molecule has 0 saturated carbocycles. The summed E-state index contributed by atoms with van der Waals surface area (Å²) >= 11 is 0. The van der Waals surface area contributed by atoms with Gasteiger partial charge in [-0.25, -0.2) is 0 Å². The molecular formula is C38H31N. The van der Waals surface area contributed by atoms with Crippen LogP contribution in [0.1, 0.15) is 25.8 Å². The Hall–Kier alpha value is -4.62. The highest BCUT2D eigenvalue weighted by Crippen LogP contribution is 2.44. The maximum absolute atomic E-state index is 2.46. The summed E-state index contributed by atoms with van der Waals surface area (Å²) in [5, 5.41) is 7.86. The van der Waals surface area contributed by atoms with Crippen molar-refractivity contribution >= 4 is 38.0 Å². The molecule has 0 aromatic heterocycles. The number of anilines is 1. The van der Waals surface area contributed by atoms with Gasteiger partial charge < -0.3 is 4.90 Å². The summed E-state index contributed by atoms with van der Waals surface area (Å²) in [6.45, 7) is 5.18. The van der Waals surface area contributed by atoms with Crippen molar-refractivity contribution in [1.29, 1.82) is 0 Å². The van der Waals surface area contributed by atoms with Gasteiger partial charge in [-0.2, -0.15) is 0 Å². The molecule has 0 amide bonds. The van der Waals surface area contributed by atoms with Gasteiger partial charge in [-0.3, -0.25) is 0 Å². The topological polar surface area (TPSA) is 3.24 Å². The first-order chi connectivity index (χ1) is 19.3. The van der Waals surface area contributed by atoms with Crippen molar-refractivity contribution in [3.05, 3.63) is 139 Å². The molecule has 7 rings (SSSR count). The third-order valence-corrected chi connectivity index (χ3v) is 8.06. The largest absolute Gasteiger partial charge is 0.337 e. The molecule has 0 aliphatic carbocycles.